The van der Waals surface area contributed by atoms with Gasteiger partial charge in [-0.3, -0.25) is 0 Å². The lowest BCUT2D eigenvalue weighted by molar-refractivity contribution is 0.699. The van der Waals surface area contributed by atoms with Gasteiger partial charge in [0.2, 0.25) is 0 Å². The van der Waals surface area contributed by atoms with E-state index in [4.69, 9.17) is 0 Å². The zero-order valence-corrected chi connectivity index (χ0v) is 5.13. The van der Waals surface area contributed by atoms with Crippen molar-refractivity contribution in [2.45, 2.75) is 13.3 Å². The van der Waals surface area contributed by atoms with Crippen molar-refractivity contribution < 1.29 is 4.39 Å². The highest BCUT2D eigenvalue weighted by atomic mass is 79.9. The van der Waals surface area contributed by atoms with Crippen LogP contribution in [-0.2, 0) is 0 Å². The van der Waals surface area contributed by atoms with Gasteiger partial charge in [0.25, 0.3) is 0 Å². The first kappa shape index (κ1) is 6.15. The lowest BCUT2D eigenvalue weighted by Crippen LogP contribution is -1.50. The molecule has 0 fully saturated rings. The average Bonchev–Trinajstić information content (AvgIpc) is 1.35. The van der Waals surface area contributed by atoms with Gasteiger partial charge in [0.1, 0.15) is 0 Å². The number of hydrogen-bond donors (Lipinski definition) is 0. The summed E-state index contributed by atoms with van der Waals surface area (Å²) in [7, 11) is 0. The number of rotatable bonds is 1. The SMILES string of the molecule is CC/C=C(/F)Br. The highest BCUT2D eigenvalue weighted by molar-refractivity contribution is 9.11. The molecule has 0 aliphatic heterocycles. The summed E-state index contributed by atoms with van der Waals surface area (Å²) in [5.74, 6) is 0. The zero-order chi connectivity index (χ0) is 4.99. The third-order valence-corrected chi connectivity index (χ3v) is 0.682. The first-order valence-electron chi connectivity index (χ1n) is 1.78. The van der Waals surface area contributed by atoms with E-state index < -0.39 is 0 Å². The van der Waals surface area contributed by atoms with E-state index in [0.717, 1.165) is 6.42 Å². The lowest BCUT2D eigenvalue weighted by Gasteiger charge is -1.73. The maximum Gasteiger partial charge on any atom is 0.161 e. The monoisotopic (exact) mass is 152 g/mol. The lowest BCUT2D eigenvalue weighted by atomic mass is 10.5. The minimum atomic E-state index is -0.273. The fourth-order valence-electron chi connectivity index (χ4n) is 0.154. The summed E-state index contributed by atoms with van der Waals surface area (Å²) in [5.41, 5.74) is 0. The van der Waals surface area contributed by atoms with Gasteiger partial charge in [-0.1, -0.05) is 6.92 Å². The first-order chi connectivity index (χ1) is 2.77. The second-order valence-corrected chi connectivity index (χ2v) is 1.66. The number of hydrogen-bond acceptors (Lipinski definition) is 0. The highest BCUT2D eigenvalue weighted by Crippen LogP contribution is 2.04. The Morgan fingerprint density at radius 1 is 2.00 bits per heavy atom. The molecule has 0 spiro atoms. The van der Waals surface area contributed by atoms with Crippen LogP contribution in [0.3, 0.4) is 0 Å². The molecular weight excluding hydrogens is 147 g/mol. The second-order valence-electron chi connectivity index (χ2n) is 0.902. The first-order valence-corrected chi connectivity index (χ1v) is 2.57. The van der Waals surface area contributed by atoms with Gasteiger partial charge in [0.15, 0.2) is 4.74 Å². The maximum absolute atomic E-state index is 11.5. The molecule has 0 aromatic rings. The smallest absolute Gasteiger partial charge is 0.161 e. The van der Waals surface area contributed by atoms with E-state index >= 15 is 0 Å². The fourth-order valence-corrected chi connectivity index (χ4v) is 0.478. The Kier molecular flexibility index (Phi) is 3.43. The van der Waals surface area contributed by atoms with E-state index in [1.807, 2.05) is 6.92 Å². The quantitative estimate of drug-likeness (QED) is 0.543. The molecule has 6 heavy (non-hydrogen) atoms. The van der Waals surface area contributed by atoms with Crippen molar-refractivity contribution in [3.8, 4) is 0 Å². The van der Waals surface area contributed by atoms with Crippen LogP contribution in [0.25, 0.3) is 0 Å². The van der Waals surface area contributed by atoms with Crippen LogP contribution in [0.4, 0.5) is 4.39 Å². The Morgan fingerprint density at radius 3 is 2.50 bits per heavy atom. The molecule has 0 aromatic carbocycles. The predicted octanol–water partition coefficient (Wildman–Crippen LogP) is 2.60. The molecule has 0 saturated heterocycles. The van der Waals surface area contributed by atoms with Crippen molar-refractivity contribution in [3.63, 3.8) is 0 Å². The molecule has 0 saturated carbocycles. The maximum atomic E-state index is 11.5. The number of halogens is 2. The van der Waals surface area contributed by atoms with Gasteiger partial charge >= 0.3 is 0 Å². The molecule has 0 N–H and O–H groups in total. The summed E-state index contributed by atoms with van der Waals surface area (Å²) in [6, 6.07) is 0. The average molecular weight is 153 g/mol. The minimum Gasteiger partial charge on any atom is -0.199 e. The van der Waals surface area contributed by atoms with E-state index in [9.17, 15) is 4.39 Å². The molecule has 0 atom stereocenters. The third kappa shape index (κ3) is 4.15. The van der Waals surface area contributed by atoms with Crippen molar-refractivity contribution in [2.24, 2.45) is 0 Å². The fraction of sp³-hybridized carbons (Fsp3) is 0.500. The second kappa shape index (κ2) is 3.34. The van der Waals surface area contributed by atoms with Crippen LogP contribution in [0.15, 0.2) is 10.8 Å². The van der Waals surface area contributed by atoms with Gasteiger partial charge in [-0.15, -0.1) is 0 Å². The van der Waals surface area contributed by atoms with E-state index in [-0.39, 0.29) is 4.74 Å². The van der Waals surface area contributed by atoms with E-state index in [2.05, 4.69) is 15.9 Å². The topological polar surface area (TPSA) is 0 Å². The van der Waals surface area contributed by atoms with E-state index in [1.54, 1.807) is 0 Å². The van der Waals surface area contributed by atoms with Gasteiger partial charge in [-0.25, -0.2) is 0 Å². The summed E-state index contributed by atoms with van der Waals surface area (Å²) in [4.78, 5) is 0. The molecule has 0 aromatic heterocycles. The standard InChI is InChI=1S/C4H6BrF/c1-2-3-4(5)6/h3H,2H2,1H3/b4-3+. The Labute approximate surface area is 45.2 Å². The minimum absolute atomic E-state index is 0.273. The molecular formula is C4H6BrF. The Bertz CT molecular complexity index is 54.6. The molecule has 0 unspecified atom stereocenters. The van der Waals surface area contributed by atoms with Crippen molar-refractivity contribution in [1.82, 2.24) is 0 Å². The highest BCUT2D eigenvalue weighted by Gasteiger charge is 1.75. The van der Waals surface area contributed by atoms with Crippen LogP contribution >= 0.6 is 15.9 Å². The third-order valence-electron chi connectivity index (χ3n) is 0.358. The molecule has 2 heteroatoms. The predicted molar refractivity (Wildman–Crippen MR) is 28.4 cm³/mol. The van der Waals surface area contributed by atoms with Gasteiger partial charge < -0.3 is 0 Å². The molecule has 0 aliphatic rings. The largest absolute Gasteiger partial charge is 0.199 e. The van der Waals surface area contributed by atoms with Gasteiger partial charge in [-0.05, 0) is 28.4 Å². The molecule has 0 aliphatic carbocycles. The Morgan fingerprint density at radius 2 is 2.50 bits per heavy atom. The summed E-state index contributed by atoms with van der Waals surface area (Å²) in [6.07, 6.45) is 2.21. The van der Waals surface area contributed by atoms with Crippen LogP contribution in [0.1, 0.15) is 13.3 Å². The summed E-state index contributed by atoms with van der Waals surface area (Å²) in [5, 5.41) is 0. The van der Waals surface area contributed by atoms with E-state index in [1.165, 1.54) is 6.08 Å². The summed E-state index contributed by atoms with van der Waals surface area (Å²) < 4.78 is 11.2. The van der Waals surface area contributed by atoms with Crippen LogP contribution in [0.2, 0.25) is 0 Å². The van der Waals surface area contributed by atoms with Crippen LogP contribution in [-0.4, -0.2) is 0 Å². The molecule has 0 radical (unpaired) electrons. The number of allylic oxidation sites excluding steroid dienone is 1. The molecule has 0 nitrogen and oxygen atoms in total. The van der Waals surface area contributed by atoms with Gasteiger partial charge in [0, 0.05) is 0 Å². The van der Waals surface area contributed by atoms with Gasteiger partial charge in [-0.2, -0.15) is 4.39 Å². The molecule has 36 valence electrons. The molecule has 0 rings (SSSR count). The Hall–Kier alpha value is 0.150. The summed E-state index contributed by atoms with van der Waals surface area (Å²) in [6.45, 7) is 1.88. The Balaban J connectivity index is 3.14. The molecule has 0 amide bonds. The van der Waals surface area contributed by atoms with Gasteiger partial charge in [0.05, 0.1) is 0 Å². The van der Waals surface area contributed by atoms with Crippen molar-refractivity contribution in [3.05, 3.63) is 10.8 Å². The van der Waals surface area contributed by atoms with Crippen LogP contribution in [0, 0.1) is 0 Å². The van der Waals surface area contributed by atoms with Crippen molar-refractivity contribution in [1.29, 1.82) is 0 Å². The summed E-state index contributed by atoms with van der Waals surface area (Å²) >= 11 is 2.63. The van der Waals surface area contributed by atoms with Crippen LogP contribution in [0.5, 0.6) is 0 Å². The molecule has 0 heterocycles. The zero-order valence-electron chi connectivity index (χ0n) is 3.54. The van der Waals surface area contributed by atoms with Crippen LogP contribution < -0.4 is 0 Å². The normalized spacial score (nSPS) is 12.2. The molecule has 0 bridgehead atoms. The van der Waals surface area contributed by atoms with E-state index in [0.29, 0.717) is 0 Å². The van der Waals surface area contributed by atoms with Crippen molar-refractivity contribution in [2.75, 3.05) is 0 Å². The van der Waals surface area contributed by atoms with Crippen molar-refractivity contribution >= 4 is 15.9 Å².